The number of para-hydroxylation sites is 2. The van der Waals surface area contributed by atoms with Gasteiger partial charge in [-0.15, -0.1) is 10.0 Å². The SMILES string of the molecule is C1=CC(c2cc(-c3ccccc3)cc(S(c3ccccc3)(c3ccccc3)c3ccc4c(c3)c3ccccc3n4-c3ccccc3)n2)=CCC1. The summed E-state index contributed by atoms with van der Waals surface area (Å²) in [5.74, 6) is 0. The van der Waals surface area contributed by atoms with Crippen molar-refractivity contribution in [2.45, 2.75) is 32.6 Å². The number of allylic oxidation sites excluding steroid dienone is 4. The number of pyridine rings is 1. The van der Waals surface area contributed by atoms with Gasteiger partial charge in [0.2, 0.25) is 0 Å². The fraction of sp³-hybridized carbons (Fsp3) is 0.0426. The number of aromatic nitrogens is 2. The number of rotatable bonds is 7. The molecule has 0 atom stereocenters. The molecular weight excluding hydrogens is 625 g/mol. The van der Waals surface area contributed by atoms with Crippen molar-refractivity contribution in [3.63, 3.8) is 0 Å². The van der Waals surface area contributed by atoms with E-state index in [1.165, 1.54) is 53.2 Å². The molecule has 240 valence electrons. The molecule has 3 heteroatoms. The molecule has 8 aromatic rings. The standard InChI is InChI=1S/C47H36N2S/c1-6-18-35(19-7-1)37-32-44(36-20-8-2-9-21-36)48-47(33-37)50(39-24-12-4-13-25-39,40-26-14-5-15-27-40)41-30-31-46-43(34-41)42-28-16-17-29-45(42)49(46)38-22-10-3-11-23-38/h1,3-8,10-34H,2,9H2. The van der Waals surface area contributed by atoms with Crippen LogP contribution in [0.1, 0.15) is 18.5 Å². The minimum Gasteiger partial charge on any atom is -0.309 e. The Bertz CT molecular complexity index is 2470. The molecule has 0 radical (unpaired) electrons. The predicted octanol–water partition coefficient (Wildman–Crippen LogP) is 12.9. The average molecular weight is 661 g/mol. The van der Waals surface area contributed by atoms with Crippen LogP contribution in [0.25, 0.3) is 44.2 Å². The van der Waals surface area contributed by atoms with Crippen molar-refractivity contribution in [1.29, 1.82) is 0 Å². The highest BCUT2D eigenvalue weighted by Gasteiger charge is 2.36. The van der Waals surface area contributed by atoms with Crippen molar-refractivity contribution in [3.8, 4) is 16.8 Å². The van der Waals surface area contributed by atoms with E-state index >= 15 is 0 Å². The van der Waals surface area contributed by atoms with E-state index in [1.54, 1.807) is 0 Å². The summed E-state index contributed by atoms with van der Waals surface area (Å²) in [6.07, 6.45) is 8.95. The lowest BCUT2D eigenvalue weighted by Crippen LogP contribution is -2.09. The average Bonchev–Trinajstić information content (AvgIpc) is 3.54. The molecule has 6 aromatic carbocycles. The molecule has 0 saturated carbocycles. The maximum absolute atomic E-state index is 5.69. The molecule has 2 aromatic heterocycles. The Labute approximate surface area is 295 Å². The van der Waals surface area contributed by atoms with Gasteiger partial charge >= 0.3 is 0 Å². The normalized spacial score (nSPS) is 13.4. The van der Waals surface area contributed by atoms with Crippen LogP contribution in [0.5, 0.6) is 0 Å². The second kappa shape index (κ2) is 12.9. The minimum atomic E-state index is -2.09. The summed E-state index contributed by atoms with van der Waals surface area (Å²) in [4.78, 5) is 9.47. The fourth-order valence-electron chi connectivity index (χ4n) is 7.43. The lowest BCUT2D eigenvalue weighted by molar-refractivity contribution is 1.02. The van der Waals surface area contributed by atoms with E-state index in [1.807, 2.05) is 0 Å². The molecule has 0 saturated heterocycles. The zero-order valence-corrected chi connectivity index (χ0v) is 28.5. The van der Waals surface area contributed by atoms with Gasteiger partial charge in [0, 0.05) is 31.1 Å². The van der Waals surface area contributed by atoms with Gasteiger partial charge in [-0.3, -0.25) is 0 Å². The lowest BCUT2D eigenvalue weighted by Gasteiger charge is -2.41. The quantitative estimate of drug-likeness (QED) is 0.166. The first-order valence-corrected chi connectivity index (χ1v) is 18.9. The molecule has 9 rings (SSSR count). The molecule has 2 nitrogen and oxygen atoms in total. The fourth-order valence-corrected chi connectivity index (χ4v) is 11.2. The molecular formula is C47H36N2S. The van der Waals surface area contributed by atoms with Crippen LogP contribution in [0.4, 0.5) is 0 Å². The third-order valence-electron chi connectivity index (χ3n) is 9.72. The monoisotopic (exact) mass is 660 g/mol. The van der Waals surface area contributed by atoms with Gasteiger partial charge < -0.3 is 4.57 Å². The van der Waals surface area contributed by atoms with Gasteiger partial charge in [-0.1, -0.05) is 121 Å². The largest absolute Gasteiger partial charge is 0.309 e. The second-order valence-corrected chi connectivity index (χ2v) is 15.7. The maximum atomic E-state index is 5.69. The highest BCUT2D eigenvalue weighted by atomic mass is 32.3. The summed E-state index contributed by atoms with van der Waals surface area (Å²) < 4.78 is 2.39. The van der Waals surface area contributed by atoms with Crippen molar-refractivity contribution >= 4 is 37.4 Å². The molecule has 0 fully saturated rings. The summed E-state index contributed by atoms with van der Waals surface area (Å²) in [5, 5.41) is 3.56. The van der Waals surface area contributed by atoms with Gasteiger partial charge in [0.05, 0.1) is 21.8 Å². The van der Waals surface area contributed by atoms with Crippen molar-refractivity contribution in [2.24, 2.45) is 0 Å². The van der Waals surface area contributed by atoms with Crippen LogP contribution in [0.3, 0.4) is 0 Å². The van der Waals surface area contributed by atoms with E-state index in [2.05, 4.69) is 199 Å². The minimum absolute atomic E-state index is 1.02. The van der Waals surface area contributed by atoms with Crippen LogP contribution in [-0.4, -0.2) is 9.55 Å². The van der Waals surface area contributed by atoms with E-state index in [4.69, 9.17) is 4.98 Å². The van der Waals surface area contributed by atoms with Crippen molar-refractivity contribution in [1.82, 2.24) is 9.55 Å². The van der Waals surface area contributed by atoms with Gasteiger partial charge in [0.25, 0.3) is 0 Å². The van der Waals surface area contributed by atoms with Crippen LogP contribution < -0.4 is 0 Å². The third-order valence-corrected chi connectivity index (χ3v) is 13.5. The highest BCUT2D eigenvalue weighted by Crippen LogP contribution is 2.73. The molecule has 2 heterocycles. The van der Waals surface area contributed by atoms with E-state index in [-0.39, 0.29) is 0 Å². The molecule has 0 spiro atoms. The van der Waals surface area contributed by atoms with Crippen LogP contribution in [0, 0.1) is 0 Å². The molecule has 0 unspecified atom stereocenters. The van der Waals surface area contributed by atoms with Gasteiger partial charge in [0.1, 0.15) is 0 Å². The van der Waals surface area contributed by atoms with E-state index in [9.17, 15) is 0 Å². The zero-order chi connectivity index (χ0) is 33.3. The maximum Gasteiger partial charge on any atom is 0.0925 e. The molecule has 0 amide bonds. The van der Waals surface area contributed by atoms with Crippen LogP contribution in [-0.2, 0) is 0 Å². The number of hydrogen-bond donors (Lipinski definition) is 0. The highest BCUT2D eigenvalue weighted by molar-refractivity contribution is 8.33. The zero-order valence-electron chi connectivity index (χ0n) is 27.7. The van der Waals surface area contributed by atoms with Crippen molar-refractivity contribution in [2.75, 3.05) is 0 Å². The van der Waals surface area contributed by atoms with E-state index in [0.717, 1.165) is 29.2 Å². The Morgan fingerprint density at radius 3 is 1.78 bits per heavy atom. The van der Waals surface area contributed by atoms with E-state index in [0.29, 0.717) is 0 Å². The van der Waals surface area contributed by atoms with Gasteiger partial charge in [-0.05, 0) is 102 Å². The first-order chi connectivity index (χ1) is 24.8. The topological polar surface area (TPSA) is 17.8 Å². The summed E-state index contributed by atoms with van der Waals surface area (Å²) in [5.41, 5.74) is 8.12. The summed E-state index contributed by atoms with van der Waals surface area (Å²) in [6, 6.07) is 64.2. The smallest absolute Gasteiger partial charge is 0.0925 e. The number of fused-ring (bicyclic) bond motifs is 3. The summed E-state index contributed by atoms with van der Waals surface area (Å²) in [6.45, 7) is 0. The van der Waals surface area contributed by atoms with Crippen LogP contribution in [0.15, 0.2) is 214 Å². The molecule has 50 heavy (non-hydrogen) atoms. The molecule has 1 aliphatic carbocycles. The van der Waals surface area contributed by atoms with Gasteiger partial charge in [-0.25, -0.2) is 4.98 Å². The number of benzene rings is 6. The molecule has 0 bridgehead atoms. The van der Waals surface area contributed by atoms with Crippen LogP contribution >= 0.6 is 10.0 Å². The van der Waals surface area contributed by atoms with Crippen molar-refractivity contribution < 1.29 is 0 Å². The lowest BCUT2D eigenvalue weighted by atomic mass is 10.0. The van der Waals surface area contributed by atoms with Gasteiger partial charge in [-0.2, -0.15) is 0 Å². The molecule has 0 N–H and O–H groups in total. The molecule has 0 aliphatic heterocycles. The third kappa shape index (κ3) is 5.10. The first-order valence-electron chi connectivity index (χ1n) is 17.3. The Hall–Kier alpha value is -5.90. The number of hydrogen-bond acceptors (Lipinski definition) is 1. The summed E-state index contributed by atoms with van der Waals surface area (Å²) >= 11 is 0. The Kier molecular flexibility index (Phi) is 7.76. The van der Waals surface area contributed by atoms with Gasteiger partial charge in [0.15, 0.2) is 0 Å². The van der Waals surface area contributed by atoms with Crippen molar-refractivity contribution in [3.05, 3.63) is 200 Å². The Morgan fingerprint density at radius 2 is 1.10 bits per heavy atom. The summed E-state index contributed by atoms with van der Waals surface area (Å²) in [7, 11) is -2.09. The number of nitrogens with zero attached hydrogens (tertiary/aromatic N) is 2. The van der Waals surface area contributed by atoms with Crippen LogP contribution in [0.2, 0.25) is 0 Å². The Balaban J connectivity index is 1.41. The van der Waals surface area contributed by atoms with E-state index < -0.39 is 10.0 Å². The first kappa shape index (κ1) is 30.2. The second-order valence-electron chi connectivity index (χ2n) is 12.7. The Morgan fingerprint density at radius 1 is 0.480 bits per heavy atom. The molecule has 1 aliphatic rings. The predicted molar refractivity (Wildman–Crippen MR) is 210 cm³/mol.